The second-order valence-electron chi connectivity index (χ2n) is 5.55. The smallest absolute Gasteiger partial charge is 0.270 e. The predicted octanol–water partition coefficient (Wildman–Crippen LogP) is 2.52. The van der Waals surface area contributed by atoms with Crippen LogP contribution in [0.2, 0.25) is 0 Å². The van der Waals surface area contributed by atoms with Crippen LogP contribution in [0, 0.1) is 17.0 Å². The highest BCUT2D eigenvalue weighted by atomic mass is 16.6. The van der Waals surface area contributed by atoms with E-state index in [4.69, 9.17) is 0 Å². The number of nitrogens with one attached hydrogen (secondary N) is 2. The molecule has 2 heterocycles. The average molecular weight is 339 g/mol. The second kappa shape index (κ2) is 6.60. The van der Waals surface area contributed by atoms with Gasteiger partial charge in [0.25, 0.3) is 11.6 Å². The van der Waals surface area contributed by atoms with E-state index in [9.17, 15) is 14.9 Å². The van der Waals surface area contributed by atoms with Gasteiger partial charge in [-0.3, -0.25) is 14.9 Å². The summed E-state index contributed by atoms with van der Waals surface area (Å²) in [5.74, 6) is -0.392. The van der Waals surface area contributed by atoms with Crippen LogP contribution < -0.4 is 10.6 Å². The summed E-state index contributed by atoms with van der Waals surface area (Å²) in [6, 6.07) is 10.0. The molecule has 1 aromatic carbocycles. The molecule has 8 heteroatoms. The summed E-state index contributed by atoms with van der Waals surface area (Å²) in [6.07, 6.45) is 1.92. The number of nitro groups is 1. The van der Waals surface area contributed by atoms with Crippen molar-refractivity contribution in [1.29, 1.82) is 0 Å². The molecule has 0 spiro atoms. The van der Waals surface area contributed by atoms with Crippen LogP contribution in [-0.2, 0) is 6.54 Å². The Labute approximate surface area is 143 Å². The third kappa shape index (κ3) is 3.27. The lowest BCUT2D eigenvalue weighted by Crippen LogP contribution is -2.20. The number of benzene rings is 1. The summed E-state index contributed by atoms with van der Waals surface area (Å²) < 4.78 is 1.98. The molecule has 3 aromatic rings. The van der Waals surface area contributed by atoms with Gasteiger partial charge >= 0.3 is 0 Å². The Kier molecular flexibility index (Phi) is 4.34. The van der Waals surface area contributed by atoms with Gasteiger partial charge in [0.15, 0.2) is 0 Å². The van der Waals surface area contributed by atoms with Crippen molar-refractivity contribution < 1.29 is 9.72 Å². The number of hydrogen-bond acceptors (Lipinski definition) is 5. The molecule has 0 aliphatic rings. The first kappa shape index (κ1) is 16.4. The number of rotatable bonds is 5. The van der Waals surface area contributed by atoms with Gasteiger partial charge in [0.1, 0.15) is 5.65 Å². The Morgan fingerprint density at radius 3 is 2.80 bits per heavy atom. The topological polar surface area (TPSA) is 102 Å². The van der Waals surface area contributed by atoms with Crippen molar-refractivity contribution in [1.82, 2.24) is 14.7 Å². The van der Waals surface area contributed by atoms with Gasteiger partial charge in [-0.05, 0) is 25.1 Å². The molecule has 3 rings (SSSR count). The van der Waals surface area contributed by atoms with E-state index < -0.39 is 10.8 Å². The summed E-state index contributed by atoms with van der Waals surface area (Å²) in [7, 11) is 1.48. The van der Waals surface area contributed by atoms with Crippen molar-refractivity contribution in [2.24, 2.45) is 0 Å². The first-order chi connectivity index (χ1) is 12.0. The average Bonchev–Trinajstić information content (AvgIpc) is 3.03. The Balaban J connectivity index is 1.87. The van der Waals surface area contributed by atoms with E-state index in [1.807, 2.05) is 35.7 Å². The molecule has 25 heavy (non-hydrogen) atoms. The quantitative estimate of drug-likeness (QED) is 0.549. The predicted molar refractivity (Wildman–Crippen MR) is 93.7 cm³/mol. The number of nitro benzene ring substituents is 1. The number of amides is 1. The number of anilines is 1. The largest absolute Gasteiger partial charge is 0.379 e. The minimum atomic E-state index is -0.527. The van der Waals surface area contributed by atoms with E-state index in [-0.39, 0.29) is 11.3 Å². The first-order valence-corrected chi connectivity index (χ1v) is 7.67. The van der Waals surface area contributed by atoms with E-state index in [1.54, 1.807) is 0 Å². The van der Waals surface area contributed by atoms with Gasteiger partial charge in [0.05, 0.1) is 22.7 Å². The summed E-state index contributed by atoms with van der Waals surface area (Å²) in [4.78, 5) is 26.9. The number of non-ortho nitro benzene ring substituents is 1. The maximum Gasteiger partial charge on any atom is 0.270 e. The van der Waals surface area contributed by atoms with Gasteiger partial charge in [-0.1, -0.05) is 6.07 Å². The number of imidazole rings is 1. The molecular weight excluding hydrogens is 322 g/mol. The number of carbonyl (C=O) groups is 1. The molecule has 0 radical (unpaired) electrons. The Morgan fingerprint density at radius 2 is 2.12 bits per heavy atom. The summed E-state index contributed by atoms with van der Waals surface area (Å²) in [5, 5.41) is 16.6. The highest BCUT2D eigenvalue weighted by Gasteiger charge is 2.16. The monoisotopic (exact) mass is 339 g/mol. The van der Waals surface area contributed by atoms with E-state index in [1.165, 1.54) is 25.2 Å². The molecule has 0 aliphatic carbocycles. The van der Waals surface area contributed by atoms with E-state index >= 15 is 0 Å². The molecule has 0 atom stereocenters. The maximum atomic E-state index is 12.0. The van der Waals surface area contributed by atoms with E-state index in [2.05, 4.69) is 15.6 Å². The van der Waals surface area contributed by atoms with Crippen LogP contribution in [0.4, 0.5) is 11.4 Å². The standard InChI is InChI=1S/C17H17N5O3/c1-11-4-3-5-16-20-12(10-21(11)16)9-19-15-7-6-13(22(24)25)8-14(15)17(23)18-2/h3-8,10,19H,9H2,1-2H3,(H,18,23). The van der Waals surface area contributed by atoms with E-state index in [0.29, 0.717) is 12.2 Å². The number of nitrogens with zero attached hydrogens (tertiary/aromatic N) is 3. The number of carbonyl (C=O) groups excluding carboxylic acids is 1. The molecule has 2 N–H and O–H groups in total. The molecule has 128 valence electrons. The number of aryl methyl sites for hydroxylation is 1. The van der Waals surface area contributed by atoms with E-state index in [0.717, 1.165) is 17.0 Å². The lowest BCUT2D eigenvalue weighted by Gasteiger charge is -2.10. The maximum absolute atomic E-state index is 12.0. The lowest BCUT2D eigenvalue weighted by atomic mass is 10.1. The van der Waals surface area contributed by atoms with Crippen molar-refractivity contribution in [2.75, 3.05) is 12.4 Å². The molecule has 2 aromatic heterocycles. The highest BCUT2D eigenvalue weighted by molar-refractivity contribution is 6.00. The van der Waals surface area contributed by atoms with Crippen LogP contribution in [0.15, 0.2) is 42.6 Å². The third-order valence-corrected chi connectivity index (χ3v) is 3.89. The van der Waals surface area contributed by atoms with Crippen LogP contribution >= 0.6 is 0 Å². The Bertz CT molecular complexity index is 964. The van der Waals surface area contributed by atoms with Crippen molar-refractivity contribution in [3.8, 4) is 0 Å². The fourth-order valence-corrected chi connectivity index (χ4v) is 2.59. The van der Waals surface area contributed by atoms with Crippen LogP contribution in [0.5, 0.6) is 0 Å². The SMILES string of the molecule is CNC(=O)c1cc([N+](=O)[O-])ccc1NCc1cn2c(C)cccc2n1. The molecule has 0 saturated heterocycles. The van der Waals surface area contributed by atoms with Gasteiger partial charge in [0, 0.05) is 36.8 Å². The fraction of sp³-hybridized carbons (Fsp3) is 0.176. The van der Waals surface area contributed by atoms with Crippen LogP contribution in [0.25, 0.3) is 5.65 Å². The Morgan fingerprint density at radius 1 is 1.32 bits per heavy atom. The lowest BCUT2D eigenvalue weighted by molar-refractivity contribution is -0.384. The zero-order valence-corrected chi connectivity index (χ0v) is 13.8. The zero-order valence-electron chi connectivity index (χ0n) is 13.8. The molecule has 0 fully saturated rings. The van der Waals surface area contributed by atoms with Gasteiger partial charge < -0.3 is 15.0 Å². The van der Waals surface area contributed by atoms with Crippen LogP contribution in [-0.4, -0.2) is 27.3 Å². The number of fused-ring (bicyclic) bond motifs is 1. The van der Waals surface area contributed by atoms with Gasteiger partial charge in [-0.15, -0.1) is 0 Å². The molecule has 0 unspecified atom stereocenters. The normalized spacial score (nSPS) is 10.6. The molecule has 1 amide bonds. The third-order valence-electron chi connectivity index (χ3n) is 3.89. The number of pyridine rings is 1. The first-order valence-electron chi connectivity index (χ1n) is 7.67. The number of aromatic nitrogens is 2. The summed E-state index contributed by atoms with van der Waals surface area (Å²) in [5.41, 5.74) is 3.31. The zero-order chi connectivity index (χ0) is 18.0. The van der Waals surface area contributed by atoms with Gasteiger partial charge in [0.2, 0.25) is 0 Å². The van der Waals surface area contributed by atoms with Crippen LogP contribution in [0.1, 0.15) is 21.7 Å². The van der Waals surface area contributed by atoms with Crippen LogP contribution in [0.3, 0.4) is 0 Å². The van der Waals surface area contributed by atoms with Crippen molar-refractivity contribution in [3.05, 3.63) is 69.7 Å². The minimum absolute atomic E-state index is 0.132. The van der Waals surface area contributed by atoms with Crippen molar-refractivity contribution in [3.63, 3.8) is 0 Å². The number of hydrogen-bond donors (Lipinski definition) is 2. The molecule has 0 saturated carbocycles. The molecule has 0 bridgehead atoms. The summed E-state index contributed by atoms with van der Waals surface area (Å²) >= 11 is 0. The van der Waals surface area contributed by atoms with Crippen molar-refractivity contribution in [2.45, 2.75) is 13.5 Å². The molecule has 0 aliphatic heterocycles. The second-order valence-corrected chi connectivity index (χ2v) is 5.55. The minimum Gasteiger partial charge on any atom is -0.379 e. The van der Waals surface area contributed by atoms with Gasteiger partial charge in [-0.25, -0.2) is 4.98 Å². The Hall–Kier alpha value is -3.42. The molecule has 8 nitrogen and oxygen atoms in total. The summed E-state index contributed by atoms with van der Waals surface area (Å²) in [6.45, 7) is 2.38. The highest BCUT2D eigenvalue weighted by Crippen LogP contribution is 2.23. The van der Waals surface area contributed by atoms with Crippen molar-refractivity contribution >= 4 is 22.9 Å². The van der Waals surface area contributed by atoms with Gasteiger partial charge in [-0.2, -0.15) is 0 Å². The molecular formula is C17H17N5O3. The fourth-order valence-electron chi connectivity index (χ4n) is 2.59.